The van der Waals surface area contributed by atoms with E-state index in [2.05, 4.69) is 4.72 Å². The van der Waals surface area contributed by atoms with Crippen LogP contribution in [0.15, 0.2) is 30.3 Å². The molecular weight excluding hydrogens is 248 g/mol. The molecule has 102 valence electrons. The minimum atomic E-state index is -3.23. The molecule has 0 unspecified atom stereocenters. The van der Waals surface area contributed by atoms with E-state index in [1.807, 2.05) is 44.2 Å². The SMILES string of the molecule is CC[C@@H](C)CS(=O)(=O)NC[C@H](N)c1ccccc1. The zero-order valence-electron chi connectivity index (χ0n) is 11.0. The molecule has 0 saturated carbocycles. The van der Waals surface area contributed by atoms with E-state index in [1.54, 1.807) is 0 Å². The van der Waals surface area contributed by atoms with Crippen LogP contribution in [0.25, 0.3) is 0 Å². The molecular formula is C13H22N2O2S. The van der Waals surface area contributed by atoms with E-state index in [0.29, 0.717) is 0 Å². The van der Waals surface area contributed by atoms with Gasteiger partial charge in [0.15, 0.2) is 0 Å². The lowest BCUT2D eigenvalue weighted by Gasteiger charge is -2.15. The predicted molar refractivity (Wildman–Crippen MR) is 74.6 cm³/mol. The third-order valence-electron chi connectivity index (χ3n) is 2.95. The van der Waals surface area contributed by atoms with Crippen LogP contribution in [0, 0.1) is 5.92 Å². The number of hydrogen-bond donors (Lipinski definition) is 2. The second-order valence-electron chi connectivity index (χ2n) is 4.66. The lowest BCUT2D eigenvalue weighted by Crippen LogP contribution is -2.34. The molecule has 0 spiro atoms. The molecule has 1 aromatic rings. The highest BCUT2D eigenvalue weighted by Crippen LogP contribution is 2.09. The van der Waals surface area contributed by atoms with Crippen molar-refractivity contribution in [3.63, 3.8) is 0 Å². The molecule has 1 rings (SSSR count). The minimum Gasteiger partial charge on any atom is -0.323 e. The smallest absolute Gasteiger partial charge is 0.211 e. The molecule has 0 radical (unpaired) electrons. The Morgan fingerprint density at radius 2 is 1.89 bits per heavy atom. The van der Waals surface area contributed by atoms with Crippen molar-refractivity contribution in [1.29, 1.82) is 0 Å². The fourth-order valence-corrected chi connectivity index (χ4v) is 3.12. The molecule has 5 heteroatoms. The van der Waals surface area contributed by atoms with Gasteiger partial charge in [0, 0.05) is 12.6 Å². The summed E-state index contributed by atoms with van der Waals surface area (Å²) in [6, 6.07) is 9.17. The molecule has 1 aromatic carbocycles. The fraction of sp³-hybridized carbons (Fsp3) is 0.538. The lowest BCUT2D eigenvalue weighted by molar-refractivity contribution is 0.546. The van der Waals surface area contributed by atoms with E-state index >= 15 is 0 Å². The number of sulfonamides is 1. The van der Waals surface area contributed by atoms with Crippen LogP contribution >= 0.6 is 0 Å². The maximum atomic E-state index is 11.8. The van der Waals surface area contributed by atoms with E-state index in [4.69, 9.17) is 5.73 Å². The summed E-state index contributed by atoms with van der Waals surface area (Å²) in [7, 11) is -3.23. The Kier molecular flexibility index (Phi) is 5.78. The van der Waals surface area contributed by atoms with Crippen LogP contribution < -0.4 is 10.5 Å². The Morgan fingerprint density at radius 3 is 2.44 bits per heavy atom. The Bertz CT molecular complexity index is 445. The molecule has 18 heavy (non-hydrogen) atoms. The summed E-state index contributed by atoms with van der Waals surface area (Å²) in [6.07, 6.45) is 0.853. The second-order valence-corrected chi connectivity index (χ2v) is 6.51. The quantitative estimate of drug-likeness (QED) is 0.791. The van der Waals surface area contributed by atoms with Crippen molar-refractivity contribution in [3.8, 4) is 0 Å². The van der Waals surface area contributed by atoms with Crippen LogP contribution in [-0.2, 0) is 10.0 Å². The molecule has 0 bridgehead atoms. The van der Waals surface area contributed by atoms with Gasteiger partial charge in [-0.05, 0) is 11.5 Å². The Hall–Kier alpha value is -0.910. The Balaban J connectivity index is 2.50. The van der Waals surface area contributed by atoms with Crippen LogP contribution in [0.2, 0.25) is 0 Å². The van der Waals surface area contributed by atoms with Gasteiger partial charge in [0.05, 0.1) is 5.75 Å². The lowest BCUT2D eigenvalue weighted by atomic mass is 10.1. The van der Waals surface area contributed by atoms with Gasteiger partial charge in [-0.1, -0.05) is 50.6 Å². The summed E-state index contributed by atoms with van der Waals surface area (Å²) < 4.78 is 26.1. The van der Waals surface area contributed by atoms with Crippen molar-refractivity contribution in [1.82, 2.24) is 4.72 Å². The average Bonchev–Trinajstić information content (AvgIpc) is 2.36. The van der Waals surface area contributed by atoms with Gasteiger partial charge in [0.1, 0.15) is 0 Å². The largest absolute Gasteiger partial charge is 0.323 e. The van der Waals surface area contributed by atoms with Crippen molar-refractivity contribution in [2.45, 2.75) is 26.3 Å². The zero-order valence-corrected chi connectivity index (χ0v) is 11.8. The fourth-order valence-electron chi connectivity index (χ4n) is 1.59. The molecule has 0 aliphatic carbocycles. The van der Waals surface area contributed by atoms with Crippen LogP contribution in [0.5, 0.6) is 0 Å². The number of hydrogen-bond acceptors (Lipinski definition) is 3. The van der Waals surface area contributed by atoms with Gasteiger partial charge < -0.3 is 5.73 Å². The van der Waals surface area contributed by atoms with Crippen molar-refractivity contribution in [2.75, 3.05) is 12.3 Å². The van der Waals surface area contributed by atoms with Crippen molar-refractivity contribution in [2.24, 2.45) is 11.7 Å². The molecule has 0 amide bonds. The Morgan fingerprint density at radius 1 is 1.28 bits per heavy atom. The standard InChI is InChI=1S/C13H22N2O2S/c1-3-11(2)10-18(16,17)15-9-13(14)12-7-5-4-6-8-12/h4-8,11,13,15H,3,9-10,14H2,1-2H3/t11-,13+/m1/s1. The van der Waals surface area contributed by atoms with E-state index in [0.717, 1.165) is 12.0 Å². The molecule has 0 heterocycles. The third kappa shape index (κ3) is 5.16. The highest BCUT2D eigenvalue weighted by atomic mass is 32.2. The summed E-state index contributed by atoms with van der Waals surface area (Å²) in [5.74, 6) is 0.320. The normalized spacial score (nSPS) is 15.3. The van der Waals surface area contributed by atoms with Gasteiger partial charge in [-0.2, -0.15) is 0 Å². The highest BCUT2D eigenvalue weighted by molar-refractivity contribution is 7.89. The molecule has 0 aromatic heterocycles. The highest BCUT2D eigenvalue weighted by Gasteiger charge is 2.16. The molecule has 2 atom stereocenters. The maximum Gasteiger partial charge on any atom is 0.211 e. The molecule has 0 aliphatic rings. The van der Waals surface area contributed by atoms with Crippen LogP contribution in [0.1, 0.15) is 31.9 Å². The third-order valence-corrected chi connectivity index (χ3v) is 4.57. The Labute approximate surface area is 110 Å². The minimum absolute atomic E-state index is 0.158. The number of rotatable bonds is 7. The van der Waals surface area contributed by atoms with Crippen molar-refractivity contribution >= 4 is 10.0 Å². The summed E-state index contributed by atoms with van der Waals surface area (Å²) in [5, 5.41) is 0. The van der Waals surface area contributed by atoms with Gasteiger partial charge in [-0.25, -0.2) is 13.1 Å². The van der Waals surface area contributed by atoms with Crippen LogP contribution in [0.3, 0.4) is 0 Å². The molecule has 0 saturated heterocycles. The van der Waals surface area contributed by atoms with Crippen LogP contribution in [-0.4, -0.2) is 20.7 Å². The predicted octanol–water partition coefficient (Wildman–Crippen LogP) is 1.65. The van der Waals surface area contributed by atoms with E-state index in [-0.39, 0.29) is 24.3 Å². The first-order valence-corrected chi connectivity index (χ1v) is 7.87. The number of benzene rings is 1. The summed E-state index contributed by atoms with van der Waals surface area (Å²) >= 11 is 0. The summed E-state index contributed by atoms with van der Waals surface area (Å²) in [5.41, 5.74) is 6.87. The van der Waals surface area contributed by atoms with E-state index in [1.165, 1.54) is 0 Å². The number of nitrogens with two attached hydrogens (primary N) is 1. The molecule has 4 nitrogen and oxygen atoms in total. The first-order valence-electron chi connectivity index (χ1n) is 6.22. The van der Waals surface area contributed by atoms with Crippen molar-refractivity contribution < 1.29 is 8.42 Å². The molecule has 0 fully saturated rings. The molecule has 0 aliphatic heterocycles. The average molecular weight is 270 g/mol. The van der Waals surface area contributed by atoms with Crippen molar-refractivity contribution in [3.05, 3.63) is 35.9 Å². The van der Waals surface area contributed by atoms with Gasteiger partial charge >= 0.3 is 0 Å². The first kappa shape index (κ1) is 15.1. The zero-order chi connectivity index (χ0) is 13.6. The second kappa shape index (κ2) is 6.87. The topological polar surface area (TPSA) is 72.2 Å². The van der Waals surface area contributed by atoms with Gasteiger partial charge in [0.2, 0.25) is 10.0 Å². The van der Waals surface area contributed by atoms with Crippen LogP contribution in [0.4, 0.5) is 0 Å². The summed E-state index contributed by atoms with van der Waals surface area (Å²) in [4.78, 5) is 0. The monoisotopic (exact) mass is 270 g/mol. The summed E-state index contributed by atoms with van der Waals surface area (Å²) in [6.45, 7) is 4.15. The maximum absolute atomic E-state index is 11.8. The van der Waals surface area contributed by atoms with Gasteiger partial charge in [-0.15, -0.1) is 0 Å². The molecule has 3 N–H and O–H groups in total. The first-order chi connectivity index (χ1) is 8.44. The van der Waals surface area contributed by atoms with E-state index in [9.17, 15) is 8.42 Å². The van der Waals surface area contributed by atoms with E-state index < -0.39 is 10.0 Å². The number of nitrogens with one attached hydrogen (secondary N) is 1. The van der Waals surface area contributed by atoms with Gasteiger partial charge in [-0.3, -0.25) is 0 Å². The van der Waals surface area contributed by atoms with Gasteiger partial charge in [0.25, 0.3) is 0 Å².